The molecule has 2 atom stereocenters. The van der Waals surface area contributed by atoms with E-state index in [2.05, 4.69) is 51.3 Å². The summed E-state index contributed by atoms with van der Waals surface area (Å²) in [7, 11) is 0. The molecule has 0 radical (unpaired) electrons. The summed E-state index contributed by atoms with van der Waals surface area (Å²) in [6.07, 6.45) is 5.02. The van der Waals surface area contributed by atoms with Gasteiger partial charge in [0.15, 0.2) is 5.82 Å². The zero-order valence-electron chi connectivity index (χ0n) is 17.2. The van der Waals surface area contributed by atoms with Gasteiger partial charge in [-0.3, -0.25) is 9.69 Å². The first-order chi connectivity index (χ1) is 14.6. The first-order valence-corrected chi connectivity index (χ1v) is 10.1. The van der Waals surface area contributed by atoms with Crippen molar-refractivity contribution in [2.75, 3.05) is 13.1 Å². The van der Waals surface area contributed by atoms with Gasteiger partial charge in [-0.15, -0.1) is 0 Å². The van der Waals surface area contributed by atoms with Gasteiger partial charge >= 0.3 is 0 Å². The molecule has 1 saturated heterocycles. The summed E-state index contributed by atoms with van der Waals surface area (Å²) in [6, 6.07) is 11.7. The molecule has 8 nitrogen and oxygen atoms in total. The van der Waals surface area contributed by atoms with Crippen LogP contribution in [0.25, 0.3) is 5.82 Å². The van der Waals surface area contributed by atoms with Crippen molar-refractivity contribution in [2.45, 2.75) is 39.1 Å². The highest BCUT2D eigenvalue weighted by molar-refractivity contribution is 5.97. The van der Waals surface area contributed by atoms with Crippen LogP contribution in [0.1, 0.15) is 35.3 Å². The maximum absolute atomic E-state index is 12.9. The van der Waals surface area contributed by atoms with E-state index in [9.17, 15) is 4.79 Å². The number of hydrogen-bond acceptors (Lipinski definition) is 6. The molecule has 0 spiro atoms. The molecule has 1 N–H and O–H groups in total. The lowest BCUT2D eigenvalue weighted by Crippen LogP contribution is -2.45. The number of pyridine rings is 1. The molecule has 0 aliphatic carbocycles. The maximum atomic E-state index is 12.9. The Morgan fingerprint density at radius 2 is 1.90 bits per heavy atom. The van der Waals surface area contributed by atoms with Crippen molar-refractivity contribution in [1.82, 2.24) is 30.0 Å². The van der Waals surface area contributed by atoms with Gasteiger partial charge in [0, 0.05) is 32.4 Å². The molecule has 0 bridgehead atoms. The summed E-state index contributed by atoms with van der Waals surface area (Å²) in [5.41, 5.74) is 2.77. The van der Waals surface area contributed by atoms with Crippen LogP contribution in [0.4, 0.5) is 0 Å². The topological polar surface area (TPSA) is 85.2 Å². The molecule has 156 valence electrons. The minimum absolute atomic E-state index is 0.197. The second-order valence-electron chi connectivity index (χ2n) is 7.62. The van der Waals surface area contributed by atoms with Crippen LogP contribution in [0.5, 0.6) is 0 Å². The SMILES string of the molecule is C[C@@H]1CN(Cc2ccccc2CNC(=O)c2cccnc2-n2cncn2)C[C@H](C)O1. The fraction of sp³-hybridized carbons (Fsp3) is 0.364. The van der Waals surface area contributed by atoms with E-state index in [0.717, 1.165) is 25.2 Å². The Morgan fingerprint density at radius 1 is 1.13 bits per heavy atom. The molecular weight excluding hydrogens is 380 g/mol. The number of aromatic nitrogens is 4. The third-order valence-corrected chi connectivity index (χ3v) is 5.11. The second-order valence-corrected chi connectivity index (χ2v) is 7.62. The van der Waals surface area contributed by atoms with Crippen molar-refractivity contribution in [3.05, 3.63) is 71.9 Å². The number of morpholine rings is 1. The first-order valence-electron chi connectivity index (χ1n) is 10.1. The highest BCUT2D eigenvalue weighted by atomic mass is 16.5. The van der Waals surface area contributed by atoms with E-state index < -0.39 is 0 Å². The number of benzene rings is 1. The van der Waals surface area contributed by atoms with Gasteiger partial charge < -0.3 is 10.1 Å². The quantitative estimate of drug-likeness (QED) is 0.676. The van der Waals surface area contributed by atoms with Gasteiger partial charge in [-0.2, -0.15) is 5.10 Å². The van der Waals surface area contributed by atoms with E-state index in [0.29, 0.717) is 17.9 Å². The molecule has 8 heteroatoms. The molecule has 3 heterocycles. The Labute approximate surface area is 175 Å². The van der Waals surface area contributed by atoms with Crippen LogP contribution >= 0.6 is 0 Å². The molecular formula is C22H26N6O2. The third-order valence-electron chi connectivity index (χ3n) is 5.11. The van der Waals surface area contributed by atoms with Gasteiger partial charge in [0.25, 0.3) is 5.91 Å². The Kier molecular flexibility index (Phi) is 6.15. The Morgan fingerprint density at radius 3 is 2.63 bits per heavy atom. The molecule has 2 aromatic heterocycles. The lowest BCUT2D eigenvalue weighted by atomic mass is 10.1. The summed E-state index contributed by atoms with van der Waals surface area (Å²) in [5, 5.41) is 7.12. The monoisotopic (exact) mass is 406 g/mol. The molecule has 1 aromatic carbocycles. The van der Waals surface area contributed by atoms with Gasteiger partial charge in [0.2, 0.25) is 0 Å². The van der Waals surface area contributed by atoms with Crippen molar-refractivity contribution < 1.29 is 9.53 Å². The van der Waals surface area contributed by atoms with E-state index in [1.165, 1.54) is 22.9 Å². The normalized spacial score (nSPS) is 19.5. The van der Waals surface area contributed by atoms with Gasteiger partial charge in [-0.25, -0.2) is 14.6 Å². The molecule has 0 saturated carbocycles. The minimum Gasteiger partial charge on any atom is -0.373 e. The van der Waals surface area contributed by atoms with Crippen molar-refractivity contribution in [1.29, 1.82) is 0 Å². The fourth-order valence-corrected chi connectivity index (χ4v) is 3.88. The fourth-order valence-electron chi connectivity index (χ4n) is 3.88. The van der Waals surface area contributed by atoms with Crippen LogP contribution in [-0.4, -0.2) is 55.9 Å². The number of ether oxygens (including phenoxy) is 1. The van der Waals surface area contributed by atoms with Gasteiger partial charge in [0.1, 0.15) is 12.7 Å². The van der Waals surface area contributed by atoms with Gasteiger partial charge in [-0.05, 0) is 37.1 Å². The number of nitrogens with zero attached hydrogens (tertiary/aromatic N) is 5. The smallest absolute Gasteiger partial charge is 0.255 e. The van der Waals surface area contributed by atoms with Crippen molar-refractivity contribution >= 4 is 5.91 Å². The summed E-state index contributed by atoms with van der Waals surface area (Å²) >= 11 is 0. The number of carbonyl (C=O) groups is 1. The Hall–Kier alpha value is -3.10. The average molecular weight is 406 g/mol. The highest BCUT2D eigenvalue weighted by Crippen LogP contribution is 2.17. The van der Waals surface area contributed by atoms with E-state index in [1.54, 1.807) is 18.3 Å². The minimum atomic E-state index is -0.197. The molecule has 1 amide bonds. The predicted octanol–water partition coefficient (Wildman–Crippen LogP) is 2.20. The maximum Gasteiger partial charge on any atom is 0.255 e. The number of amides is 1. The van der Waals surface area contributed by atoms with E-state index in [1.807, 2.05) is 12.1 Å². The Bertz CT molecular complexity index is 981. The lowest BCUT2D eigenvalue weighted by Gasteiger charge is -2.35. The third kappa shape index (κ3) is 4.72. The summed E-state index contributed by atoms with van der Waals surface area (Å²) < 4.78 is 7.33. The van der Waals surface area contributed by atoms with Crippen molar-refractivity contribution in [3.8, 4) is 5.82 Å². The van der Waals surface area contributed by atoms with Crippen LogP contribution in [-0.2, 0) is 17.8 Å². The number of hydrogen-bond donors (Lipinski definition) is 1. The molecule has 1 aliphatic rings. The standard InChI is InChI=1S/C22H26N6O2/c1-16-11-27(12-17(2)30-16)13-19-7-4-3-6-18(19)10-25-22(29)20-8-5-9-24-21(20)28-15-23-14-26-28/h3-9,14-17H,10-13H2,1-2H3,(H,25,29)/t16-,17+. The molecule has 30 heavy (non-hydrogen) atoms. The van der Waals surface area contributed by atoms with E-state index in [4.69, 9.17) is 4.74 Å². The van der Waals surface area contributed by atoms with Crippen LogP contribution in [0.15, 0.2) is 55.2 Å². The summed E-state index contributed by atoms with van der Waals surface area (Å²) in [5.74, 6) is 0.258. The molecule has 1 fully saturated rings. The van der Waals surface area contributed by atoms with Gasteiger partial charge in [-0.1, -0.05) is 24.3 Å². The highest BCUT2D eigenvalue weighted by Gasteiger charge is 2.23. The summed E-state index contributed by atoms with van der Waals surface area (Å²) in [4.78, 5) is 23.5. The van der Waals surface area contributed by atoms with Gasteiger partial charge in [0.05, 0.1) is 17.8 Å². The molecule has 4 rings (SSSR count). The first kappa shape index (κ1) is 20.2. The van der Waals surface area contributed by atoms with Crippen LogP contribution in [0, 0.1) is 0 Å². The number of nitrogens with one attached hydrogen (secondary N) is 1. The predicted molar refractivity (Wildman–Crippen MR) is 112 cm³/mol. The largest absolute Gasteiger partial charge is 0.373 e. The molecule has 3 aromatic rings. The van der Waals surface area contributed by atoms with Crippen LogP contribution in [0.2, 0.25) is 0 Å². The van der Waals surface area contributed by atoms with Crippen LogP contribution in [0.3, 0.4) is 0 Å². The molecule has 1 aliphatic heterocycles. The van der Waals surface area contributed by atoms with E-state index in [-0.39, 0.29) is 18.1 Å². The Balaban J connectivity index is 1.46. The van der Waals surface area contributed by atoms with E-state index >= 15 is 0 Å². The van der Waals surface area contributed by atoms with Crippen LogP contribution < -0.4 is 5.32 Å². The van der Waals surface area contributed by atoms with Crippen molar-refractivity contribution in [3.63, 3.8) is 0 Å². The second kappa shape index (κ2) is 9.15. The van der Waals surface area contributed by atoms with Crippen molar-refractivity contribution in [2.24, 2.45) is 0 Å². The average Bonchev–Trinajstić information content (AvgIpc) is 3.27. The summed E-state index contributed by atoms with van der Waals surface area (Å²) in [6.45, 7) is 7.30. The lowest BCUT2D eigenvalue weighted by molar-refractivity contribution is -0.0705. The zero-order chi connectivity index (χ0) is 20.9. The zero-order valence-corrected chi connectivity index (χ0v) is 17.2. The molecule has 0 unspecified atom stereocenters. The number of rotatable bonds is 6. The number of carbonyl (C=O) groups excluding carboxylic acids is 1.